The van der Waals surface area contributed by atoms with Crippen LogP contribution in [0.3, 0.4) is 0 Å². The largest absolute Gasteiger partial charge is 0.480 e. The fourth-order valence-corrected chi connectivity index (χ4v) is 3.64. The molecule has 2 aliphatic rings. The van der Waals surface area contributed by atoms with Crippen molar-refractivity contribution in [3.63, 3.8) is 0 Å². The van der Waals surface area contributed by atoms with Gasteiger partial charge in [-0.1, -0.05) is 0 Å². The normalized spacial score (nSPS) is 26.6. The van der Waals surface area contributed by atoms with Crippen molar-refractivity contribution in [2.75, 3.05) is 13.2 Å². The van der Waals surface area contributed by atoms with Crippen LogP contribution >= 0.6 is 0 Å². The molecule has 0 bridgehead atoms. The summed E-state index contributed by atoms with van der Waals surface area (Å²) in [6, 6.07) is 0. The molecule has 43 heavy (non-hydrogen) atoms. The number of hydrogen-bond acceptors (Lipinski definition) is 12. The minimum Gasteiger partial charge on any atom is -0.480 e. The molecular weight excluding hydrogens is 724 g/mol. The number of imidazole rings is 2. The predicted molar refractivity (Wildman–Crippen MR) is 127 cm³/mol. The number of carbonyl (C=O) groups is 2. The summed E-state index contributed by atoms with van der Waals surface area (Å²) in [5, 5.41) is 73.9. The molecule has 0 saturated carbocycles. The van der Waals surface area contributed by atoms with E-state index in [-0.39, 0.29) is 73.1 Å². The molecule has 8 unspecified atom stereocenters. The molecule has 2 aromatic rings. The van der Waals surface area contributed by atoms with Gasteiger partial charge in [-0.15, -0.1) is 0 Å². The van der Waals surface area contributed by atoms with Gasteiger partial charge in [0.05, 0.1) is 25.7 Å². The van der Waals surface area contributed by atoms with Crippen molar-refractivity contribution < 1.29 is 133 Å². The second-order valence-electron chi connectivity index (χ2n) is 7.77. The van der Waals surface area contributed by atoms with E-state index in [0.29, 0.717) is 0 Å². The fraction of sp³-hybridized carbons (Fsp3) is 0.556. The molecule has 4 heterocycles. The summed E-state index contributed by atoms with van der Waals surface area (Å²) >= 11 is 0. The van der Waals surface area contributed by atoms with Gasteiger partial charge in [0.15, 0.2) is 0 Å². The molecule has 4 rings (SSSR count). The maximum atomic E-state index is 10.7. The zero-order valence-corrected chi connectivity index (χ0v) is 24.6. The Bertz CT molecular complexity index is 1030. The maximum Gasteiger partial charge on any atom is 0.354 e. The number of aliphatic hydroxyl groups is 6. The van der Waals surface area contributed by atoms with Gasteiger partial charge < -0.3 is 92.8 Å². The Kier molecular flexibility index (Phi) is 24.6. The van der Waals surface area contributed by atoms with E-state index in [4.69, 9.17) is 41.4 Å². The maximum absolute atomic E-state index is 10.7. The van der Waals surface area contributed by atoms with Gasteiger partial charge in [0.25, 0.3) is 0 Å². The number of nitrogens with one attached hydrogen (secondary N) is 2. The summed E-state index contributed by atoms with van der Waals surface area (Å²) in [6.07, 6.45) is -7.57. The average molecular weight is 756 g/mol. The molecule has 0 aromatic carbocycles. The quantitative estimate of drug-likeness (QED) is 0.128. The molecule has 2 fully saturated rings. The summed E-state index contributed by atoms with van der Waals surface area (Å²) in [5.74, 6) is -3.63. The number of carboxylic acid groups (broad SMARTS) is 2. The Morgan fingerprint density at radius 2 is 0.953 bits per heavy atom. The van der Waals surface area contributed by atoms with Crippen molar-refractivity contribution in [1.82, 2.24) is 19.1 Å². The van der Waals surface area contributed by atoms with Gasteiger partial charge in [-0.05, 0) is 11.6 Å². The first-order valence-electron chi connectivity index (χ1n) is 10.2. The van der Waals surface area contributed by atoms with E-state index in [0.717, 1.165) is 21.8 Å². The van der Waals surface area contributed by atoms with Gasteiger partial charge in [-0.2, -0.15) is 0 Å². The Morgan fingerprint density at radius 1 is 0.674 bits per heavy atom. The Morgan fingerprint density at radius 3 is 1.14 bits per heavy atom. The number of rotatable bonds is 6. The third-order valence-corrected chi connectivity index (χ3v) is 5.58. The summed E-state index contributed by atoms with van der Waals surface area (Å²) in [5.41, 5.74) is 14.2. The number of ether oxygens (including phenoxy) is 2. The first-order chi connectivity index (χ1) is 16.9. The van der Waals surface area contributed by atoms with E-state index in [2.05, 4.69) is 9.97 Å². The van der Waals surface area contributed by atoms with Gasteiger partial charge in [0.1, 0.15) is 48.0 Å². The summed E-state index contributed by atoms with van der Waals surface area (Å²) in [7, 11) is 0. The van der Waals surface area contributed by atoms with Crippen LogP contribution in [0.2, 0.25) is 0 Å². The zero-order chi connectivity index (χ0) is 26.9. The molecule has 0 amide bonds. The molecule has 25 heteroatoms. The average Bonchev–Trinajstić information content (AvgIpc) is 3.55. The molecule has 2 aliphatic heterocycles. The van der Waals surface area contributed by atoms with Crippen LogP contribution in [0.1, 0.15) is 33.4 Å². The number of nitrogens with zero attached hydrogens (tertiary/aromatic N) is 4. The Labute approximate surface area is 272 Å². The van der Waals surface area contributed by atoms with Crippen LogP contribution in [0.4, 0.5) is 11.6 Å². The van der Waals surface area contributed by atoms with Crippen molar-refractivity contribution in [1.29, 1.82) is 0 Å². The number of aliphatic hydroxyl groups excluding tert-OH is 6. The van der Waals surface area contributed by atoms with Gasteiger partial charge >= 0.3 is 11.9 Å². The second kappa shape index (κ2) is 20.9. The van der Waals surface area contributed by atoms with Crippen LogP contribution in [0.25, 0.3) is 11.5 Å². The first kappa shape index (κ1) is 50.7. The van der Waals surface area contributed by atoms with Crippen LogP contribution in [0.15, 0.2) is 12.7 Å². The Hall–Kier alpha value is -1.96. The molecule has 256 valence electrons. The zero-order valence-electron chi connectivity index (χ0n) is 21.2. The van der Waals surface area contributed by atoms with E-state index in [1.165, 1.54) is 0 Å². The van der Waals surface area contributed by atoms with Crippen molar-refractivity contribution in [3.8, 4) is 0 Å². The van der Waals surface area contributed by atoms with Crippen molar-refractivity contribution in [3.05, 3.63) is 35.5 Å². The smallest absolute Gasteiger partial charge is 0.354 e. The minimum absolute atomic E-state index is 0. The molecule has 22 nitrogen and oxygen atoms in total. The molecular formula is C18H32Fe3N6O16-2. The number of carboxylic acids is 2. The second-order valence-corrected chi connectivity index (χ2v) is 7.77. The fourth-order valence-electron chi connectivity index (χ4n) is 3.64. The van der Waals surface area contributed by atoms with E-state index in [9.17, 15) is 30.0 Å². The van der Waals surface area contributed by atoms with Crippen LogP contribution in [-0.4, -0.2) is 144 Å². The van der Waals surface area contributed by atoms with Gasteiger partial charge in [0, 0.05) is 63.9 Å². The minimum atomic E-state index is -1.37. The summed E-state index contributed by atoms with van der Waals surface area (Å²) < 4.78 is 12.3. The molecule has 2 aromatic heterocycles. The van der Waals surface area contributed by atoms with Crippen molar-refractivity contribution in [2.45, 2.75) is 49.1 Å². The van der Waals surface area contributed by atoms with E-state index in [1.807, 2.05) is 0 Å². The van der Waals surface area contributed by atoms with Gasteiger partial charge in [-0.25, -0.2) is 9.59 Å². The predicted octanol–water partition coefficient (Wildman–Crippen LogP) is -5.55. The molecule has 0 radical (unpaired) electrons. The SMILES string of the molecule is O.O.O.O.[Fe].[Fe].[Fe].[NH-]c1c(C(=O)O)ncn1C1OC(CO)C(O)C1O.[NH-]c1c(C(=O)O)ncn1C1OC(CO)C(O)C1O. The molecule has 8 atom stereocenters. The van der Waals surface area contributed by atoms with Crippen LogP contribution in [0.5, 0.6) is 0 Å². The summed E-state index contributed by atoms with van der Waals surface area (Å²) in [6.45, 7) is -0.995. The molecule has 0 aliphatic carbocycles. The summed E-state index contributed by atoms with van der Waals surface area (Å²) in [4.78, 5) is 28.5. The van der Waals surface area contributed by atoms with E-state index < -0.39 is 97.3 Å². The number of hydrogen-bond donors (Lipinski definition) is 8. The number of aromatic nitrogens is 4. The van der Waals surface area contributed by atoms with Crippen LogP contribution in [-0.2, 0) is 60.7 Å². The number of aromatic carboxylic acids is 2. The molecule has 2 saturated heterocycles. The van der Waals surface area contributed by atoms with Crippen molar-refractivity contribution in [2.24, 2.45) is 0 Å². The Balaban J connectivity index is -0.000000193. The van der Waals surface area contributed by atoms with Gasteiger partial charge in [0.2, 0.25) is 0 Å². The topological polar surface area (TPSA) is 424 Å². The van der Waals surface area contributed by atoms with Crippen molar-refractivity contribution >= 4 is 23.6 Å². The van der Waals surface area contributed by atoms with Crippen LogP contribution in [0, 0.1) is 0 Å². The van der Waals surface area contributed by atoms with E-state index in [1.54, 1.807) is 0 Å². The third-order valence-electron chi connectivity index (χ3n) is 5.58. The first-order valence-corrected chi connectivity index (χ1v) is 10.2. The van der Waals surface area contributed by atoms with Gasteiger partial charge in [-0.3, -0.25) is 9.97 Å². The molecule has 18 N–H and O–H groups in total. The monoisotopic (exact) mass is 756 g/mol. The van der Waals surface area contributed by atoms with E-state index >= 15 is 0 Å². The van der Waals surface area contributed by atoms with Crippen LogP contribution < -0.4 is 0 Å². The third kappa shape index (κ3) is 10.0. The standard InChI is InChI=1S/2C9H12N3O6.3Fe.4H2O/c2*10-7-4(9(16)17)11-2-12(7)8-6(15)5(14)3(1-13)18-8;;;;;;;/h2*2-3,5-6,8,10,13-15H,1H2,(H,16,17);;;;4*1H2/q2*-1;;;;;;;. The molecule has 0 spiro atoms.